The monoisotopic (exact) mass is 371 g/mol. The second-order valence-corrected chi connectivity index (χ2v) is 6.18. The summed E-state index contributed by atoms with van der Waals surface area (Å²) in [5.74, 6) is -1.34. The van der Waals surface area contributed by atoms with Crippen molar-refractivity contribution in [1.82, 2.24) is 10.3 Å². The van der Waals surface area contributed by atoms with Crippen molar-refractivity contribution in [1.29, 1.82) is 0 Å². The van der Waals surface area contributed by atoms with Crippen LogP contribution in [-0.2, 0) is 6.18 Å². The normalized spacial score (nSPS) is 12.5. The van der Waals surface area contributed by atoms with Gasteiger partial charge in [0.15, 0.2) is 5.13 Å². The van der Waals surface area contributed by atoms with Gasteiger partial charge in [0.05, 0.1) is 11.1 Å². The smallest absolute Gasteiger partial charge is 0.348 e. The number of aromatic nitrogens is 1. The number of halogens is 3. The van der Waals surface area contributed by atoms with Gasteiger partial charge in [-0.25, -0.2) is 4.98 Å². The Morgan fingerprint density at radius 3 is 2.56 bits per heavy atom. The largest absolute Gasteiger partial charge is 0.417 e. The summed E-state index contributed by atoms with van der Waals surface area (Å²) in [4.78, 5) is 28.0. The van der Waals surface area contributed by atoms with Crippen molar-refractivity contribution in [2.45, 2.75) is 32.5 Å². The molecule has 0 bridgehead atoms. The molecule has 2 rings (SSSR count). The van der Waals surface area contributed by atoms with Gasteiger partial charge in [-0.3, -0.25) is 14.9 Å². The van der Waals surface area contributed by atoms with Crippen LogP contribution in [0.25, 0.3) is 0 Å². The van der Waals surface area contributed by atoms with Gasteiger partial charge in [-0.15, -0.1) is 11.3 Å². The maximum atomic E-state index is 13.0. The van der Waals surface area contributed by atoms with Gasteiger partial charge >= 0.3 is 6.18 Å². The summed E-state index contributed by atoms with van der Waals surface area (Å²) < 4.78 is 38.9. The highest BCUT2D eigenvalue weighted by Gasteiger charge is 2.35. The Morgan fingerprint density at radius 2 is 1.92 bits per heavy atom. The van der Waals surface area contributed by atoms with Gasteiger partial charge in [0.1, 0.15) is 5.69 Å². The third-order valence-electron chi connectivity index (χ3n) is 3.42. The Kier molecular flexibility index (Phi) is 5.78. The average Bonchev–Trinajstić information content (AvgIpc) is 3.02. The zero-order valence-corrected chi connectivity index (χ0v) is 14.3. The molecule has 0 aliphatic heterocycles. The van der Waals surface area contributed by atoms with E-state index < -0.39 is 29.1 Å². The Hall–Kier alpha value is -2.42. The molecule has 0 unspecified atom stereocenters. The minimum atomic E-state index is -4.64. The fourth-order valence-corrected chi connectivity index (χ4v) is 2.61. The van der Waals surface area contributed by atoms with Gasteiger partial charge in [-0.1, -0.05) is 19.1 Å². The van der Waals surface area contributed by atoms with Crippen LogP contribution in [0.1, 0.15) is 46.7 Å². The number of rotatable bonds is 5. The minimum Gasteiger partial charge on any atom is -0.348 e. The van der Waals surface area contributed by atoms with Crippen molar-refractivity contribution >= 4 is 28.3 Å². The first-order valence-electron chi connectivity index (χ1n) is 7.46. The molecule has 0 spiro atoms. The number of hydrogen-bond donors (Lipinski definition) is 2. The van der Waals surface area contributed by atoms with Crippen LogP contribution in [0.15, 0.2) is 29.6 Å². The number of nitrogens with one attached hydrogen (secondary N) is 2. The molecule has 9 heteroatoms. The van der Waals surface area contributed by atoms with Crippen LogP contribution in [0.3, 0.4) is 0 Å². The number of anilines is 1. The molecular weight excluding hydrogens is 355 g/mol. The summed E-state index contributed by atoms with van der Waals surface area (Å²) in [6.07, 6.45) is -3.90. The van der Waals surface area contributed by atoms with Gasteiger partial charge < -0.3 is 5.32 Å². The number of benzene rings is 1. The fourth-order valence-electron chi connectivity index (χ4n) is 1.93. The van der Waals surface area contributed by atoms with E-state index >= 15 is 0 Å². The maximum Gasteiger partial charge on any atom is 0.417 e. The Balaban J connectivity index is 2.14. The number of carbonyl (C=O) groups is 2. The Labute approximate surface area is 146 Å². The van der Waals surface area contributed by atoms with E-state index in [4.69, 9.17) is 0 Å². The van der Waals surface area contributed by atoms with Gasteiger partial charge in [0, 0.05) is 11.4 Å². The molecule has 0 aliphatic rings. The lowest BCUT2D eigenvalue weighted by atomic mass is 10.1. The molecule has 0 saturated heterocycles. The lowest BCUT2D eigenvalue weighted by molar-refractivity contribution is -0.137. The quantitative estimate of drug-likeness (QED) is 0.836. The van der Waals surface area contributed by atoms with E-state index in [2.05, 4.69) is 15.6 Å². The fraction of sp³-hybridized carbons (Fsp3) is 0.312. The minimum absolute atomic E-state index is 0.0362. The second-order valence-electron chi connectivity index (χ2n) is 5.32. The number of hydrogen-bond acceptors (Lipinski definition) is 4. The van der Waals surface area contributed by atoms with E-state index in [1.54, 1.807) is 0 Å². The van der Waals surface area contributed by atoms with E-state index in [0.717, 1.165) is 29.9 Å². The van der Waals surface area contributed by atoms with Crippen LogP contribution < -0.4 is 10.6 Å². The standard InChI is InChI=1S/C16H16F3N3O2S/c1-3-9(2)20-14(24)12-8-25-15(21-12)22-13(23)10-6-4-5-7-11(10)16(17,18)19/h4-9H,3H2,1-2H3,(H,20,24)(H,21,22,23)/t9-/m1/s1. The van der Waals surface area contributed by atoms with Crippen LogP contribution in [0.5, 0.6) is 0 Å². The predicted octanol–water partition coefficient (Wildman–Crippen LogP) is 3.94. The maximum absolute atomic E-state index is 13.0. The first kappa shape index (κ1) is 18.9. The van der Waals surface area contributed by atoms with E-state index in [0.29, 0.717) is 0 Å². The Morgan fingerprint density at radius 1 is 1.24 bits per heavy atom. The molecule has 2 N–H and O–H groups in total. The summed E-state index contributed by atoms with van der Waals surface area (Å²) in [5, 5.41) is 6.50. The lowest BCUT2D eigenvalue weighted by Gasteiger charge is -2.11. The van der Waals surface area contributed by atoms with Gasteiger partial charge in [-0.05, 0) is 25.5 Å². The average molecular weight is 371 g/mol. The summed E-state index contributed by atoms with van der Waals surface area (Å²) in [6, 6.07) is 4.44. The van der Waals surface area contributed by atoms with Gasteiger partial charge in [-0.2, -0.15) is 13.2 Å². The highest BCUT2D eigenvalue weighted by atomic mass is 32.1. The SMILES string of the molecule is CC[C@@H](C)NC(=O)c1csc(NC(=O)c2ccccc2C(F)(F)F)n1. The molecule has 1 atom stereocenters. The van der Waals surface area contributed by atoms with E-state index in [9.17, 15) is 22.8 Å². The zero-order valence-electron chi connectivity index (χ0n) is 13.5. The first-order valence-corrected chi connectivity index (χ1v) is 8.34. The lowest BCUT2D eigenvalue weighted by Crippen LogP contribution is -2.32. The van der Waals surface area contributed by atoms with E-state index in [1.165, 1.54) is 17.5 Å². The topological polar surface area (TPSA) is 71.1 Å². The number of amides is 2. The molecule has 134 valence electrons. The number of thiazole rings is 1. The third-order valence-corrected chi connectivity index (χ3v) is 4.18. The highest BCUT2D eigenvalue weighted by molar-refractivity contribution is 7.14. The second kappa shape index (κ2) is 7.64. The van der Waals surface area contributed by atoms with Crippen LogP contribution >= 0.6 is 11.3 Å². The molecule has 0 radical (unpaired) electrons. The molecule has 2 aromatic rings. The Bertz CT molecular complexity index is 774. The van der Waals surface area contributed by atoms with Crippen molar-refractivity contribution in [3.8, 4) is 0 Å². The highest BCUT2D eigenvalue weighted by Crippen LogP contribution is 2.32. The number of carbonyl (C=O) groups excluding carboxylic acids is 2. The van der Waals surface area contributed by atoms with E-state index in [1.807, 2.05) is 13.8 Å². The molecule has 25 heavy (non-hydrogen) atoms. The van der Waals surface area contributed by atoms with Crippen molar-refractivity contribution in [2.75, 3.05) is 5.32 Å². The van der Waals surface area contributed by atoms with E-state index in [-0.39, 0.29) is 16.9 Å². The van der Waals surface area contributed by atoms with Crippen LogP contribution in [0, 0.1) is 0 Å². The summed E-state index contributed by atoms with van der Waals surface area (Å²) >= 11 is 0.964. The molecule has 5 nitrogen and oxygen atoms in total. The number of nitrogens with zero attached hydrogens (tertiary/aromatic N) is 1. The third kappa shape index (κ3) is 4.79. The summed E-state index contributed by atoms with van der Waals surface area (Å²) in [6.45, 7) is 3.75. The molecule has 1 heterocycles. The summed E-state index contributed by atoms with van der Waals surface area (Å²) in [5.41, 5.74) is -1.43. The van der Waals surface area contributed by atoms with Gasteiger partial charge in [0.2, 0.25) is 0 Å². The zero-order chi connectivity index (χ0) is 18.6. The van der Waals surface area contributed by atoms with Crippen molar-refractivity contribution in [3.63, 3.8) is 0 Å². The van der Waals surface area contributed by atoms with Crippen LogP contribution in [0.2, 0.25) is 0 Å². The van der Waals surface area contributed by atoms with Gasteiger partial charge in [0.25, 0.3) is 11.8 Å². The molecule has 1 aromatic carbocycles. The summed E-state index contributed by atoms with van der Waals surface area (Å²) in [7, 11) is 0. The molecule has 0 saturated carbocycles. The molecule has 2 amide bonds. The van der Waals surface area contributed by atoms with Crippen molar-refractivity contribution < 1.29 is 22.8 Å². The first-order chi connectivity index (χ1) is 11.7. The van der Waals surface area contributed by atoms with Crippen LogP contribution in [0.4, 0.5) is 18.3 Å². The molecule has 0 fully saturated rings. The van der Waals surface area contributed by atoms with Crippen molar-refractivity contribution in [3.05, 3.63) is 46.5 Å². The molecular formula is C16H16F3N3O2S. The molecule has 0 aliphatic carbocycles. The van der Waals surface area contributed by atoms with Crippen LogP contribution in [-0.4, -0.2) is 22.8 Å². The molecule has 1 aromatic heterocycles. The van der Waals surface area contributed by atoms with Crippen molar-refractivity contribution in [2.24, 2.45) is 0 Å². The predicted molar refractivity (Wildman–Crippen MR) is 88.7 cm³/mol. The number of alkyl halides is 3.